The lowest BCUT2D eigenvalue weighted by atomic mass is 10.1. The van der Waals surface area contributed by atoms with E-state index < -0.39 is 10.0 Å². The van der Waals surface area contributed by atoms with Crippen molar-refractivity contribution in [2.75, 3.05) is 39.5 Å². The molecule has 0 atom stereocenters. The fourth-order valence-electron chi connectivity index (χ4n) is 2.41. The predicted molar refractivity (Wildman–Crippen MR) is 73.1 cm³/mol. The average molecular weight is 275 g/mol. The second-order valence-corrected chi connectivity index (χ2v) is 7.74. The van der Waals surface area contributed by atoms with Crippen LogP contribution >= 0.6 is 0 Å². The number of hydrogen-bond acceptors (Lipinski definition) is 4. The summed E-state index contributed by atoms with van der Waals surface area (Å²) in [5, 5.41) is 3.26. The summed E-state index contributed by atoms with van der Waals surface area (Å²) in [5.74, 6) is 0.229. The van der Waals surface area contributed by atoms with Gasteiger partial charge in [0.25, 0.3) is 0 Å². The maximum absolute atomic E-state index is 12.2. The number of sulfonamides is 1. The fraction of sp³-hybridized carbons (Fsp3) is 1.00. The smallest absolute Gasteiger partial charge is 0.215 e. The van der Waals surface area contributed by atoms with Gasteiger partial charge in [0, 0.05) is 25.7 Å². The van der Waals surface area contributed by atoms with Crippen LogP contribution in [0.15, 0.2) is 0 Å². The van der Waals surface area contributed by atoms with E-state index in [1.165, 1.54) is 12.8 Å². The zero-order valence-corrected chi connectivity index (χ0v) is 12.2. The van der Waals surface area contributed by atoms with Crippen LogP contribution in [0, 0.1) is 0 Å². The second kappa shape index (κ2) is 5.86. The summed E-state index contributed by atoms with van der Waals surface area (Å²) < 4.78 is 26.0. The average Bonchev–Trinajstić information content (AvgIpc) is 3.13. The molecule has 0 amide bonds. The maximum atomic E-state index is 12.2. The number of rotatable bonds is 6. The normalized spacial score (nSPS) is 23.7. The lowest BCUT2D eigenvalue weighted by Gasteiger charge is -2.34. The van der Waals surface area contributed by atoms with Crippen LogP contribution in [0.2, 0.25) is 0 Å². The minimum absolute atomic E-state index is 0.187. The van der Waals surface area contributed by atoms with Gasteiger partial charge in [0.1, 0.15) is 0 Å². The topological polar surface area (TPSA) is 52.7 Å². The molecular weight excluding hydrogens is 250 g/mol. The molecule has 2 rings (SSSR count). The highest BCUT2D eigenvalue weighted by molar-refractivity contribution is 7.89. The first-order valence-electron chi connectivity index (χ1n) is 6.86. The first-order chi connectivity index (χ1) is 8.49. The third kappa shape index (κ3) is 3.91. The largest absolute Gasteiger partial charge is 0.313 e. The second-order valence-electron chi connectivity index (χ2n) is 5.60. The van der Waals surface area contributed by atoms with E-state index in [-0.39, 0.29) is 11.8 Å². The Morgan fingerprint density at radius 2 is 1.83 bits per heavy atom. The van der Waals surface area contributed by atoms with Crippen LogP contribution in [0.3, 0.4) is 0 Å². The fourth-order valence-corrected chi connectivity index (χ4v) is 3.74. The van der Waals surface area contributed by atoms with E-state index in [2.05, 4.69) is 17.3 Å². The van der Waals surface area contributed by atoms with Crippen molar-refractivity contribution in [3.05, 3.63) is 0 Å². The summed E-state index contributed by atoms with van der Waals surface area (Å²) in [6.45, 7) is 2.57. The SMILES string of the molecule is CN1CCC(N(C)S(=O)(=O)CCNC2CC2)CC1. The molecule has 1 aliphatic heterocycles. The van der Waals surface area contributed by atoms with E-state index in [4.69, 9.17) is 0 Å². The van der Waals surface area contributed by atoms with Gasteiger partial charge in [-0.25, -0.2) is 12.7 Å². The van der Waals surface area contributed by atoms with Crippen molar-refractivity contribution >= 4 is 10.0 Å². The van der Waals surface area contributed by atoms with E-state index in [1.54, 1.807) is 11.4 Å². The zero-order valence-electron chi connectivity index (χ0n) is 11.4. The Hall–Kier alpha value is -0.170. The Morgan fingerprint density at radius 3 is 2.39 bits per heavy atom. The van der Waals surface area contributed by atoms with Gasteiger partial charge in [-0.15, -0.1) is 0 Å². The molecule has 0 spiro atoms. The van der Waals surface area contributed by atoms with E-state index in [0.717, 1.165) is 25.9 Å². The molecular formula is C12H25N3O2S. The highest BCUT2D eigenvalue weighted by atomic mass is 32.2. The number of likely N-dealkylation sites (tertiary alicyclic amines) is 1. The molecule has 6 heteroatoms. The van der Waals surface area contributed by atoms with E-state index in [9.17, 15) is 8.42 Å². The van der Waals surface area contributed by atoms with Gasteiger partial charge in [0.2, 0.25) is 10.0 Å². The highest BCUT2D eigenvalue weighted by Gasteiger charge is 2.29. The molecule has 0 unspecified atom stereocenters. The first kappa shape index (κ1) is 14.2. The zero-order chi connectivity index (χ0) is 13.2. The Balaban J connectivity index is 1.79. The van der Waals surface area contributed by atoms with Crippen molar-refractivity contribution in [1.29, 1.82) is 0 Å². The molecule has 0 bridgehead atoms. The van der Waals surface area contributed by atoms with Crippen LogP contribution in [0.5, 0.6) is 0 Å². The molecule has 1 saturated heterocycles. The van der Waals surface area contributed by atoms with Crippen molar-refractivity contribution in [2.45, 2.75) is 37.8 Å². The monoisotopic (exact) mass is 275 g/mol. The molecule has 0 aromatic rings. The van der Waals surface area contributed by atoms with Gasteiger partial charge >= 0.3 is 0 Å². The minimum atomic E-state index is -3.09. The van der Waals surface area contributed by atoms with Crippen molar-refractivity contribution in [1.82, 2.24) is 14.5 Å². The van der Waals surface area contributed by atoms with Crippen molar-refractivity contribution in [3.8, 4) is 0 Å². The standard InChI is InChI=1S/C12H25N3O2S/c1-14-8-5-12(6-9-14)15(2)18(16,17)10-7-13-11-3-4-11/h11-13H,3-10H2,1-2H3. The van der Waals surface area contributed by atoms with Gasteiger partial charge in [-0.2, -0.15) is 0 Å². The summed E-state index contributed by atoms with van der Waals surface area (Å²) in [6, 6.07) is 0.765. The van der Waals surface area contributed by atoms with Gasteiger partial charge < -0.3 is 10.2 Å². The molecule has 5 nitrogen and oxygen atoms in total. The van der Waals surface area contributed by atoms with Crippen LogP contribution in [-0.4, -0.2) is 69.2 Å². The third-order valence-electron chi connectivity index (χ3n) is 4.01. The molecule has 1 aliphatic carbocycles. The first-order valence-corrected chi connectivity index (χ1v) is 8.47. The van der Waals surface area contributed by atoms with E-state index in [1.807, 2.05) is 0 Å². The Kier molecular flexibility index (Phi) is 4.64. The van der Waals surface area contributed by atoms with Gasteiger partial charge in [0.15, 0.2) is 0 Å². The molecule has 2 aliphatic rings. The van der Waals surface area contributed by atoms with E-state index >= 15 is 0 Å². The quantitative estimate of drug-likeness (QED) is 0.747. The van der Waals surface area contributed by atoms with Gasteiger partial charge in [-0.1, -0.05) is 0 Å². The Labute approximate surface area is 111 Å². The Morgan fingerprint density at radius 1 is 1.22 bits per heavy atom. The van der Waals surface area contributed by atoms with Crippen LogP contribution in [0.1, 0.15) is 25.7 Å². The maximum Gasteiger partial charge on any atom is 0.215 e. The summed E-state index contributed by atoms with van der Waals surface area (Å²) in [5.41, 5.74) is 0. The number of hydrogen-bond donors (Lipinski definition) is 1. The lowest BCUT2D eigenvalue weighted by molar-refractivity contribution is 0.197. The molecule has 0 radical (unpaired) electrons. The van der Waals surface area contributed by atoms with Crippen molar-refractivity contribution < 1.29 is 8.42 Å². The highest BCUT2D eigenvalue weighted by Crippen LogP contribution is 2.19. The van der Waals surface area contributed by atoms with Gasteiger partial charge in [-0.3, -0.25) is 0 Å². The third-order valence-corrected chi connectivity index (χ3v) is 5.91. The summed E-state index contributed by atoms with van der Waals surface area (Å²) in [7, 11) is 0.733. The number of piperidine rings is 1. The minimum Gasteiger partial charge on any atom is -0.313 e. The van der Waals surface area contributed by atoms with Gasteiger partial charge in [0.05, 0.1) is 5.75 Å². The van der Waals surface area contributed by atoms with E-state index in [0.29, 0.717) is 12.6 Å². The number of nitrogens with zero attached hydrogens (tertiary/aromatic N) is 2. The van der Waals surface area contributed by atoms with Crippen LogP contribution < -0.4 is 5.32 Å². The molecule has 1 N–H and O–H groups in total. The predicted octanol–water partition coefficient (Wildman–Crippen LogP) is 0.0942. The summed E-state index contributed by atoms with van der Waals surface area (Å²) >= 11 is 0. The van der Waals surface area contributed by atoms with Crippen molar-refractivity contribution in [2.24, 2.45) is 0 Å². The lowest BCUT2D eigenvalue weighted by Crippen LogP contribution is -2.46. The van der Waals surface area contributed by atoms with Crippen molar-refractivity contribution in [3.63, 3.8) is 0 Å². The van der Waals surface area contributed by atoms with Crippen LogP contribution in [-0.2, 0) is 10.0 Å². The molecule has 18 heavy (non-hydrogen) atoms. The molecule has 2 fully saturated rings. The molecule has 106 valence electrons. The van der Waals surface area contributed by atoms with Gasteiger partial charge in [-0.05, 0) is 45.8 Å². The molecule has 0 aromatic carbocycles. The summed E-state index contributed by atoms with van der Waals surface area (Å²) in [6.07, 6.45) is 4.29. The number of nitrogens with one attached hydrogen (secondary N) is 1. The molecule has 1 heterocycles. The molecule has 1 saturated carbocycles. The molecule has 0 aromatic heterocycles. The van der Waals surface area contributed by atoms with Crippen LogP contribution in [0.4, 0.5) is 0 Å². The Bertz CT molecular complexity index is 360. The van der Waals surface area contributed by atoms with Crippen LogP contribution in [0.25, 0.3) is 0 Å². The summed E-state index contributed by atoms with van der Waals surface area (Å²) in [4.78, 5) is 2.26.